The molecule has 2 rings (SSSR count). The Hall–Kier alpha value is -0.890. The predicted octanol–water partition coefficient (Wildman–Crippen LogP) is 2.03. The molecule has 0 unspecified atom stereocenters. The second kappa shape index (κ2) is 3.46. The van der Waals surface area contributed by atoms with Crippen LogP contribution >= 0.6 is 0 Å². The van der Waals surface area contributed by atoms with Crippen LogP contribution < -0.4 is 0 Å². The Morgan fingerprint density at radius 2 is 2.38 bits per heavy atom. The quantitative estimate of drug-likeness (QED) is 0.654. The van der Waals surface area contributed by atoms with Crippen LogP contribution in [0.3, 0.4) is 0 Å². The Labute approximate surface area is 78.9 Å². The van der Waals surface area contributed by atoms with Gasteiger partial charge in [0.25, 0.3) is 0 Å². The van der Waals surface area contributed by atoms with Crippen LogP contribution in [0.2, 0.25) is 0 Å². The summed E-state index contributed by atoms with van der Waals surface area (Å²) in [6.07, 6.45) is 2.03. The lowest BCUT2D eigenvalue weighted by molar-refractivity contribution is 0.109. The van der Waals surface area contributed by atoms with E-state index in [4.69, 9.17) is 4.74 Å². The van der Waals surface area contributed by atoms with E-state index >= 15 is 0 Å². The van der Waals surface area contributed by atoms with Crippen molar-refractivity contribution in [2.24, 2.45) is 0 Å². The second-order valence-corrected chi connectivity index (χ2v) is 3.49. The summed E-state index contributed by atoms with van der Waals surface area (Å²) < 4.78 is 5.40. The summed E-state index contributed by atoms with van der Waals surface area (Å²) in [5.74, 6) is 0. The first-order chi connectivity index (χ1) is 6.31. The van der Waals surface area contributed by atoms with Gasteiger partial charge in [0.05, 0.1) is 13.2 Å². The predicted molar refractivity (Wildman–Crippen MR) is 51.7 cm³/mol. The number of ether oxygens (including phenoxy) is 1. The summed E-state index contributed by atoms with van der Waals surface area (Å²) in [6, 6.07) is 2.25. The van der Waals surface area contributed by atoms with Gasteiger partial charge in [-0.05, 0) is 30.5 Å². The highest BCUT2D eigenvalue weighted by Crippen LogP contribution is 2.18. The molecule has 1 aromatic heterocycles. The minimum Gasteiger partial charge on any atom is -0.376 e. The Bertz CT molecular complexity index is 320. The molecule has 70 valence electrons. The average molecular weight is 177 g/mol. The van der Waals surface area contributed by atoms with Crippen molar-refractivity contribution in [2.45, 2.75) is 33.3 Å². The first-order valence-corrected chi connectivity index (χ1v) is 4.87. The van der Waals surface area contributed by atoms with Crippen LogP contribution in [0.25, 0.3) is 0 Å². The van der Waals surface area contributed by atoms with Crippen molar-refractivity contribution in [1.82, 2.24) is 4.98 Å². The van der Waals surface area contributed by atoms with E-state index in [1.54, 1.807) is 0 Å². The van der Waals surface area contributed by atoms with Crippen molar-refractivity contribution in [3.8, 4) is 0 Å². The van der Waals surface area contributed by atoms with Crippen LogP contribution in [0, 0.1) is 6.92 Å². The van der Waals surface area contributed by atoms with Crippen molar-refractivity contribution in [2.75, 3.05) is 6.61 Å². The van der Waals surface area contributed by atoms with Crippen LogP contribution in [-0.4, -0.2) is 11.6 Å². The highest BCUT2D eigenvalue weighted by atomic mass is 16.5. The number of hydrogen-bond donors (Lipinski definition) is 0. The Balaban J connectivity index is 2.44. The van der Waals surface area contributed by atoms with Gasteiger partial charge < -0.3 is 4.74 Å². The maximum atomic E-state index is 5.40. The molecule has 0 aromatic carbocycles. The molecule has 0 amide bonds. The maximum absolute atomic E-state index is 5.40. The highest BCUT2D eigenvalue weighted by Gasteiger charge is 2.12. The molecular weight excluding hydrogens is 162 g/mol. The number of hydrogen-bond acceptors (Lipinski definition) is 2. The summed E-state index contributed by atoms with van der Waals surface area (Å²) in [5.41, 5.74) is 5.06. The molecule has 0 saturated carbocycles. The number of nitrogens with zero attached hydrogens (tertiary/aromatic N) is 1. The average Bonchev–Trinajstić information content (AvgIpc) is 2.17. The van der Waals surface area contributed by atoms with Gasteiger partial charge in [-0.3, -0.25) is 4.98 Å². The molecule has 2 heterocycles. The molecular formula is C11H15NO. The largest absolute Gasteiger partial charge is 0.376 e. The highest BCUT2D eigenvalue weighted by molar-refractivity contribution is 5.30. The third kappa shape index (κ3) is 1.59. The van der Waals surface area contributed by atoms with Crippen LogP contribution in [0.5, 0.6) is 0 Å². The lowest BCUT2D eigenvalue weighted by Crippen LogP contribution is -2.13. The van der Waals surface area contributed by atoms with Crippen LogP contribution in [-0.2, 0) is 24.2 Å². The van der Waals surface area contributed by atoms with E-state index in [2.05, 4.69) is 24.9 Å². The minimum atomic E-state index is 0.746. The molecule has 0 bridgehead atoms. The van der Waals surface area contributed by atoms with E-state index in [-0.39, 0.29) is 0 Å². The van der Waals surface area contributed by atoms with Gasteiger partial charge in [0.2, 0.25) is 0 Å². The van der Waals surface area contributed by atoms with E-state index < -0.39 is 0 Å². The molecule has 1 aromatic rings. The van der Waals surface area contributed by atoms with Gasteiger partial charge in [-0.2, -0.15) is 0 Å². The second-order valence-electron chi connectivity index (χ2n) is 3.49. The normalized spacial score (nSPS) is 15.5. The molecule has 0 spiro atoms. The minimum absolute atomic E-state index is 0.746. The number of pyridine rings is 1. The first kappa shape index (κ1) is 8.70. The van der Waals surface area contributed by atoms with Gasteiger partial charge in [0.1, 0.15) is 0 Å². The van der Waals surface area contributed by atoms with Gasteiger partial charge in [-0.25, -0.2) is 0 Å². The number of aromatic nitrogens is 1. The van der Waals surface area contributed by atoms with E-state index in [9.17, 15) is 0 Å². The Morgan fingerprint density at radius 3 is 3.15 bits per heavy atom. The lowest BCUT2D eigenvalue weighted by Gasteiger charge is -2.17. The molecule has 0 atom stereocenters. The topological polar surface area (TPSA) is 22.1 Å². The summed E-state index contributed by atoms with van der Waals surface area (Å²) in [4.78, 5) is 4.60. The maximum Gasteiger partial charge on any atom is 0.0734 e. The summed E-state index contributed by atoms with van der Waals surface area (Å²) in [7, 11) is 0. The first-order valence-electron chi connectivity index (χ1n) is 4.87. The van der Waals surface area contributed by atoms with Gasteiger partial charge >= 0.3 is 0 Å². The third-order valence-corrected chi connectivity index (χ3v) is 2.61. The van der Waals surface area contributed by atoms with Crippen molar-refractivity contribution in [3.05, 3.63) is 28.6 Å². The van der Waals surface area contributed by atoms with Crippen LogP contribution in [0.4, 0.5) is 0 Å². The van der Waals surface area contributed by atoms with Gasteiger partial charge in [0.15, 0.2) is 0 Å². The fourth-order valence-electron chi connectivity index (χ4n) is 1.79. The Kier molecular flexibility index (Phi) is 2.32. The molecule has 0 saturated heterocycles. The zero-order valence-corrected chi connectivity index (χ0v) is 8.26. The number of fused-ring (bicyclic) bond motifs is 1. The smallest absolute Gasteiger partial charge is 0.0734 e. The molecule has 0 radical (unpaired) electrons. The molecule has 1 aliphatic heterocycles. The van der Waals surface area contributed by atoms with Crippen molar-refractivity contribution in [1.29, 1.82) is 0 Å². The molecule has 2 heteroatoms. The molecule has 0 N–H and O–H groups in total. The number of aryl methyl sites for hydroxylation is 2. The molecule has 13 heavy (non-hydrogen) atoms. The van der Waals surface area contributed by atoms with E-state index in [1.165, 1.54) is 22.5 Å². The monoisotopic (exact) mass is 177 g/mol. The molecule has 1 aliphatic rings. The molecule has 0 aliphatic carbocycles. The van der Waals surface area contributed by atoms with Crippen molar-refractivity contribution < 1.29 is 4.74 Å². The van der Waals surface area contributed by atoms with Crippen LogP contribution in [0.15, 0.2) is 6.07 Å². The van der Waals surface area contributed by atoms with E-state index in [1.807, 2.05) is 0 Å². The van der Waals surface area contributed by atoms with Gasteiger partial charge in [0, 0.05) is 17.8 Å². The summed E-state index contributed by atoms with van der Waals surface area (Å²) >= 11 is 0. The fraction of sp³-hybridized carbons (Fsp3) is 0.545. The standard InChI is InChI=1S/C11H15NO/c1-3-9-6-10-7-13-5-4-11(10)12-8(9)2/h6H,3-5,7H2,1-2H3. The summed E-state index contributed by atoms with van der Waals surface area (Å²) in [6.45, 7) is 5.83. The van der Waals surface area contributed by atoms with E-state index in [0.717, 1.165) is 26.1 Å². The molecule has 0 fully saturated rings. The molecule has 2 nitrogen and oxygen atoms in total. The SMILES string of the molecule is CCc1cc2c(nc1C)CCOC2. The summed E-state index contributed by atoms with van der Waals surface area (Å²) in [5, 5.41) is 0. The van der Waals surface area contributed by atoms with Crippen molar-refractivity contribution >= 4 is 0 Å². The zero-order valence-electron chi connectivity index (χ0n) is 8.26. The zero-order chi connectivity index (χ0) is 9.26. The van der Waals surface area contributed by atoms with Crippen molar-refractivity contribution in [3.63, 3.8) is 0 Å². The number of rotatable bonds is 1. The lowest BCUT2D eigenvalue weighted by atomic mass is 10.0. The van der Waals surface area contributed by atoms with Gasteiger partial charge in [-0.15, -0.1) is 0 Å². The van der Waals surface area contributed by atoms with Gasteiger partial charge in [-0.1, -0.05) is 6.92 Å². The third-order valence-electron chi connectivity index (χ3n) is 2.61. The fourth-order valence-corrected chi connectivity index (χ4v) is 1.79. The Morgan fingerprint density at radius 1 is 1.54 bits per heavy atom. The van der Waals surface area contributed by atoms with E-state index in [0.29, 0.717) is 0 Å². The van der Waals surface area contributed by atoms with Crippen LogP contribution in [0.1, 0.15) is 29.4 Å².